The zero-order chi connectivity index (χ0) is 10.4. The number of rotatable bonds is 5. The van der Waals surface area contributed by atoms with Gasteiger partial charge in [0.1, 0.15) is 5.75 Å². The molecule has 0 aliphatic carbocycles. The first-order valence-electron chi connectivity index (χ1n) is 4.40. The van der Waals surface area contributed by atoms with Crippen molar-refractivity contribution in [2.24, 2.45) is 0 Å². The van der Waals surface area contributed by atoms with E-state index in [0.717, 1.165) is 0 Å². The third kappa shape index (κ3) is 3.37. The van der Waals surface area contributed by atoms with Crippen LogP contribution < -0.4 is 10.2 Å². The van der Waals surface area contributed by atoms with Gasteiger partial charge in [0.05, 0.1) is 0 Å². The molecule has 0 spiro atoms. The minimum Gasteiger partial charge on any atom is -0.468 e. The summed E-state index contributed by atoms with van der Waals surface area (Å²) in [5.41, 5.74) is 0.439. The highest BCUT2D eigenvalue weighted by molar-refractivity contribution is 6.58. The molecular weight excluding hydrogens is 183 g/mol. The summed E-state index contributed by atoms with van der Waals surface area (Å²) in [6.45, 7) is 2.69. The van der Waals surface area contributed by atoms with Crippen LogP contribution in [-0.2, 0) is 4.74 Å². The Morgan fingerprint density at radius 1 is 1.21 bits per heavy atom. The first-order valence-corrected chi connectivity index (χ1v) is 4.40. The van der Waals surface area contributed by atoms with Crippen molar-refractivity contribution < 1.29 is 19.5 Å². The normalized spacial score (nSPS) is 9.93. The molecule has 0 saturated heterocycles. The van der Waals surface area contributed by atoms with Gasteiger partial charge >= 0.3 is 7.12 Å². The third-order valence-corrected chi connectivity index (χ3v) is 1.69. The third-order valence-electron chi connectivity index (χ3n) is 1.69. The van der Waals surface area contributed by atoms with E-state index in [1.807, 2.05) is 6.92 Å². The van der Waals surface area contributed by atoms with Crippen molar-refractivity contribution in [2.45, 2.75) is 6.92 Å². The van der Waals surface area contributed by atoms with Crippen LogP contribution in [0.5, 0.6) is 5.75 Å². The molecule has 0 radical (unpaired) electrons. The molecule has 0 aliphatic heterocycles. The lowest BCUT2D eigenvalue weighted by molar-refractivity contribution is 0.0224. The maximum atomic E-state index is 8.82. The van der Waals surface area contributed by atoms with Crippen LogP contribution >= 0.6 is 0 Å². The maximum Gasteiger partial charge on any atom is 0.488 e. The second kappa shape index (κ2) is 5.64. The molecule has 0 aliphatic rings. The largest absolute Gasteiger partial charge is 0.488 e. The molecule has 0 amide bonds. The van der Waals surface area contributed by atoms with Crippen LogP contribution in [0.4, 0.5) is 0 Å². The molecule has 76 valence electrons. The average Bonchev–Trinajstić information content (AvgIpc) is 2.19. The summed E-state index contributed by atoms with van der Waals surface area (Å²) in [6, 6.07) is 6.50. The van der Waals surface area contributed by atoms with Gasteiger partial charge in [0, 0.05) is 6.61 Å². The smallest absolute Gasteiger partial charge is 0.468 e. The van der Waals surface area contributed by atoms with Crippen LogP contribution in [0.1, 0.15) is 6.92 Å². The summed E-state index contributed by atoms with van der Waals surface area (Å²) in [5, 5.41) is 17.6. The Bertz CT molecular complexity index is 260. The van der Waals surface area contributed by atoms with E-state index in [1.54, 1.807) is 24.3 Å². The quantitative estimate of drug-likeness (QED) is 0.387. The van der Waals surface area contributed by atoms with Crippen molar-refractivity contribution in [1.82, 2.24) is 0 Å². The lowest BCUT2D eigenvalue weighted by Gasteiger charge is -2.06. The van der Waals surface area contributed by atoms with E-state index in [9.17, 15) is 0 Å². The molecule has 14 heavy (non-hydrogen) atoms. The highest BCUT2D eigenvalue weighted by atomic mass is 16.7. The molecule has 4 nitrogen and oxygen atoms in total. The summed E-state index contributed by atoms with van der Waals surface area (Å²) in [6.07, 6.45) is 0. The molecule has 0 bridgehead atoms. The Hall–Kier alpha value is -1.04. The number of benzene rings is 1. The average molecular weight is 196 g/mol. The SMILES string of the molecule is CCOCOc1ccc(B(O)O)cc1. The maximum absolute atomic E-state index is 8.82. The summed E-state index contributed by atoms with van der Waals surface area (Å²) >= 11 is 0. The first-order chi connectivity index (χ1) is 6.74. The van der Waals surface area contributed by atoms with E-state index in [0.29, 0.717) is 17.8 Å². The van der Waals surface area contributed by atoms with E-state index in [4.69, 9.17) is 19.5 Å². The summed E-state index contributed by atoms with van der Waals surface area (Å²) < 4.78 is 10.2. The molecule has 0 unspecified atom stereocenters. The second-order valence-electron chi connectivity index (χ2n) is 2.70. The molecule has 1 aromatic carbocycles. The van der Waals surface area contributed by atoms with Gasteiger partial charge < -0.3 is 19.5 Å². The van der Waals surface area contributed by atoms with Crippen LogP contribution in [0.25, 0.3) is 0 Å². The van der Waals surface area contributed by atoms with Crippen molar-refractivity contribution in [3.63, 3.8) is 0 Å². The molecule has 2 N–H and O–H groups in total. The highest BCUT2D eigenvalue weighted by Crippen LogP contribution is 2.07. The Labute approximate surface area is 83.2 Å². The van der Waals surface area contributed by atoms with Gasteiger partial charge in [0.2, 0.25) is 0 Å². The zero-order valence-electron chi connectivity index (χ0n) is 8.01. The molecule has 5 heteroatoms. The van der Waals surface area contributed by atoms with Gasteiger partial charge in [-0.2, -0.15) is 0 Å². The predicted molar refractivity (Wildman–Crippen MR) is 53.4 cm³/mol. The van der Waals surface area contributed by atoms with E-state index in [2.05, 4.69) is 0 Å². The van der Waals surface area contributed by atoms with Gasteiger partial charge in [0.25, 0.3) is 0 Å². The molecule has 1 aromatic rings. The number of ether oxygens (including phenoxy) is 2. The van der Waals surface area contributed by atoms with Gasteiger partial charge in [-0.3, -0.25) is 0 Å². The topological polar surface area (TPSA) is 58.9 Å². The van der Waals surface area contributed by atoms with Crippen LogP contribution in [0, 0.1) is 0 Å². The van der Waals surface area contributed by atoms with Gasteiger partial charge in [-0.15, -0.1) is 0 Å². The van der Waals surface area contributed by atoms with Crippen molar-refractivity contribution in [1.29, 1.82) is 0 Å². The van der Waals surface area contributed by atoms with Gasteiger partial charge in [-0.05, 0) is 24.5 Å². The fourth-order valence-corrected chi connectivity index (χ4v) is 0.929. The number of hydrogen-bond donors (Lipinski definition) is 2. The first kappa shape index (κ1) is 11.0. The van der Waals surface area contributed by atoms with Gasteiger partial charge in [-0.1, -0.05) is 12.1 Å². The van der Waals surface area contributed by atoms with Crippen LogP contribution in [0.15, 0.2) is 24.3 Å². The lowest BCUT2D eigenvalue weighted by atomic mass is 9.80. The fraction of sp³-hybridized carbons (Fsp3) is 0.333. The van der Waals surface area contributed by atoms with E-state index < -0.39 is 7.12 Å². The summed E-state index contributed by atoms with van der Waals surface area (Å²) in [5.74, 6) is 0.642. The van der Waals surface area contributed by atoms with Gasteiger partial charge in [-0.25, -0.2) is 0 Å². The Morgan fingerprint density at radius 2 is 1.86 bits per heavy atom. The fourth-order valence-electron chi connectivity index (χ4n) is 0.929. The monoisotopic (exact) mass is 196 g/mol. The predicted octanol–water partition coefficient (Wildman–Crippen LogP) is -0.261. The minimum absolute atomic E-state index is 0.206. The molecule has 0 saturated carbocycles. The van der Waals surface area contributed by atoms with Gasteiger partial charge in [0.15, 0.2) is 6.79 Å². The summed E-state index contributed by atoms with van der Waals surface area (Å²) in [7, 11) is -1.43. The molecule has 0 heterocycles. The van der Waals surface area contributed by atoms with Crippen molar-refractivity contribution >= 4 is 12.6 Å². The van der Waals surface area contributed by atoms with E-state index in [1.165, 1.54) is 0 Å². The molecule has 0 aromatic heterocycles. The molecular formula is C9H13BO4. The highest BCUT2D eigenvalue weighted by Gasteiger charge is 2.09. The van der Waals surface area contributed by atoms with Crippen molar-refractivity contribution in [2.75, 3.05) is 13.4 Å². The molecule has 1 rings (SSSR count). The molecule has 0 fully saturated rings. The van der Waals surface area contributed by atoms with Crippen molar-refractivity contribution in [3.8, 4) is 5.75 Å². The van der Waals surface area contributed by atoms with E-state index >= 15 is 0 Å². The standard InChI is InChI=1S/C9H13BO4/c1-2-13-7-14-9-5-3-8(4-6-9)10(11)12/h3-6,11-12H,2,7H2,1H3. The molecule has 0 atom stereocenters. The number of hydrogen-bond acceptors (Lipinski definition) is 4. The van der Waals surface area contributed by atoms with Crippen LogP contribution in [0.3, 0.4) is 0 Å². The summed E-state index contributed by atoms with van der Waals surface area (Å²) in [4.78, 5) is 0. The zero-order valence-corrected chi connectivity index (χ0v) is 8.01. The second-order valence-corrected chi connectivity index (χ2v) is 2.70. The Balaban J connectivity index is 2.47. The Morgan fingerprint density at radius 3 is 2.36 bits per heavy atom. The Kier molecular flexibility index (Phi) is 4.45. The van der Waals surface area contributed by atoms with Crippen molar-refractivity contribution in [3.05, 3.63) is 24.3 Å². The minimum atomic E-state index is -1.43. The van der Waals surface area contributed by atoms with Crippen LogP contribution in [-0.4, -0.2) is 30.6 Å². The van der Waals surface area contributed by atoms with Crippen LogP contribution in [0.2, 0.25) is 0 Å². The lowest BCUT2D eigenvalue weighted by Crippen LogP contribution is -2.29. The van der Waals surface area contributed by atoms with E-state index in [-0.39, 0.29) is 6.79 Å².